The molecule has 1 heterocycles. The zero-order valence-corrected chi connectivity index (χ0v) is 14.6. The average molecular weight is 334 g/mol. The summed E-state index contributed by atoms with van der Waals surface area (Å²) in [5, 5.41) is 0. The zero-order chi connectivity index (χ0) is 17.5. The summed E-state index contributed by atoms with van der Waals surface area (Å²) in [5.41, 5.74) is 9.50. The van der Waals surface area contributed by atoms with Crippen molar-refractivity contribution in [2.24, 2.45) is 0 Å². The molecule has 0 radical (unpaired) electrons. The van der Waals surface area contributed by atoms with Crippen molar-refractivity contribution >= 4 is 0 Å². The Labute approximate surface area is 153 Å². The van der Waals surface area contributed by atoms with Gasteiger partial charge in [-0.3, -0.25) is 0 Å². The second-order valence-corrected chi connectivity index (χ2v) is 6.73. The molecule has 0 spiro atoms. The lowest BCUT2D eigenvalue weighted by Crippen LogP contribution is -1.99. The van der Waals surface area contributed by atoms with Gasteiger partial charge >= 0.3 is 0 Å². The summed E-state index contributed by atoms with van der Waals surface area (Å²) in [7, 11) is 0. The van der Waals surface area contributed by atoms with Crippen LogP contribution in [-0.2, 0) is 6.42 Å². The molecule has 1 aliphatic rings. The van der Waals surface area contributed by atoms with Crippen molar-refractivity contribution in [3.63, 3.8) is 0 Å². The second kappa shape index (κ2) is 5.92. The van der Waals surface area contributed by atoms with Crippen molar-refractivity contribution in [1.29, 1.82) is 0 Å². The third-order valence-corrected chi connectivity index (χ3v) is 5.11. The van der Waals surface area contributed by atoms with Crippen LogP contribution in [0.15, 0.2) is 78.9 Å². The molecule has 0 amide bonds. The smallest absolute Gasteiger partial charge is 0.160 e. The van der Waals surface area contributed by atoms with E-state index in [9.17, 15) is 0 Å². The summed E-state index contributed by atoms with van der Waals surface area (Å²) < 4.78 is 0. The van der Waals surface area contributed by atoms with Crippen molar-refractivity contribution < 1.29 is 0 Å². The summed E-state index contributed by atoms with van der Waals surface area (Å²) in [6.07, 6.45) is 0.899. The Morgan fingerprint density at radius 3 is 2.00 bits per heavy atom. The highest BCUT2D eigenvalue weighted by atomic mass is 14.9. The number of aryl methyl sites for hydroxylation is 1. The van der Waals surface area contributed by atoms with E-state index in [-0.39, 0.29) is 0 Å². The Hall–Kier alpha value is -3.26. The van der Waals surface area contributed by atoms with E-state index in [0.717, 1.165) is 34.8 Å². The number of rotatable bonds is 2. The predicted molar refractivity (Wildman–Crippen MR) is 106 cm³/mol. The van der Waals surface area contributed by atoms with Crippen LogP contribution in [0, 0.1) is 6.92 Å². The quantitative estimate of drug-likeness (QED) is 0.414. The molecule has 0 unspecified atom stereocenters. The first-order valence-electron chi connectivity index (χ1n) is 8.92. The molecule has 0 bridgehead atoms. The fourth-order valence-electron chi connectivity index (χ4n) is 3.76. The zero-order valence-electron chi connectivity index (χ0n) is 14.6. The lowest BCUT2D eigenvalue weighted by Gasteiger charge is -2.11. The van der Waals surface area contributed by atoms with Gasteiger partial charge in [-0.05, 0) is 18.1 Å². The van der Waals surface area contributed by atoms with Crippen LogP contribution in [0.5, 0.6) is 0 Å². The number of hydrogen-bond acceptors (Lipinski definition) is 2. The summed E-state index contributed by atoms with van der Waals surface area (Å²) in [5.74, 6) is 0.789. The minimum Gasteiger partial charge on any atom is -0.228 e. The van der Waals surface area contributed by atoms with Gasteiger partial charge in [0, 0.05) is 28.7 Å². The Morgan fingerprint density at radius 2 is 1.27 bits per heavy atom. The van der Waals surface area contributed by atoms with Gasteiger partial charge in [0.1, 0.15) is 0 Å². The molecule has 0 aliphatic heterocycles. The van der Waals surface area contributed by atoms with E-state index in [1.165, 1.54) is 22.3 Å². The fourth-order valence-corrected chi connectivity index (χ4v) is 3.76. The van der Waals surface area contributed by atoms with Gasteiger partial charge in [0.25, 0.3) is 0 Å². The highest BCUT2D eigenvalue weighted by Crippen LogP contribution is 2.41. The molecule has 1 aliphatic carbocycles. The first kappa shape index (κ1) is 15.0. The summed E-state index contributed by atoms with van der Waals surface area (Å²) >= 11 is 0. The second-order valence-electron chi connectivity index (χ2n) is 6.73. The van der Waals surface area contributed by atoms with E-state index in [0.29, 0.717) is 0 Å². The largest absolute Gasteiger partial charge is 0.228 e. The van der Waals surface area contributed by atoms with E-state index in [2.05, 4.69) is 61.5 Å². The Kier molecular flexibility index (Phi) is 3.42. The first-order chi connectivity index (χ1) is 12.8. The molecule has 0 N–H and O–H groups in total. The van der Waals surface area contributed by atoms with Crippen molar-refractivity contribution in [1.82, 2.24) is 9.97 Å². The van der Waals surface area contributed by atoms with E-state index < -0.39 is 0 Å². The number of benzene rings is 3. The van der Waals surface area contributed by atoms with E-state index in [1.807, 2.05) is 24.3 Å². The van der Waals surface area contributed by atoms with Crippen LogP contribution in [-0.4, -0.2) is 9.97 Å². The van der Waals surface area contributed by atoms with Crippen molar-refractivity contribution in [2.45, 2.75) is 13.3 Å². The molecule has 3 aromatic carbocycles. The van der Waals surface area contributed by atoms with Crippen LogP contribution in [0.2, 0.25) is 0 Å². The topological polar surface area (TPSA) is 25.8 Å². The molecule has 0 atom stereocenters. The normalized spacial score (nSPS) is 11.9. The molecule has 2 nitrogen and oxygen atoms in total. The summed E-state index contributed by atoms with van der Waals surface area (Å²) in [6.45, 7) is 2.18. The molecular weight excluding hydrogens is 316 g/mol. The molecule has 0 saturated carbocycles. The van der Waals surface area contributed by atoms with Gasteiger partial charge in [-0.25, -0.2) is 9.97 Å². The summed E-state index contributed by atoms with van der Waals surface area (Å²) in [4.78, 5) is 9.97. The number of fused-ring (bicyclic) bond motifs is 3. The molecule has 4 aromatic rings. The fraction of sp³-hybridized carbons (Fsp3) is 0.0833. The van der Waals surface area contributed by atoms with Crippen LogP contribution in [0.3, 0.4) is 0 Å². The van der Waals surface area contributed by atoms with Gasteiger partial charge in [0.15, 0.2) is 5.82 Å². The average Bonchev–Trinajstić information content (AvgIpc) is 3.09. The van der Waals surface area contributed by atoms with E-state index in [4.69, 9.17) is 9.97 Å². The predicted octanol–water partition coefficient (Wildman–Crippen LogP) is 5.69. The first-order valence-corrected chi connectivity index (χ1v) is 8.92. The molecule has 1 aromatic heterocycles. The lowest BCUT2D eigenvalue weighted by atomic mass is 10.0. The van der Waals surface area contributed by atoms with E-state index in [1.54, 1.807) is 0 Å². The van der Waals surface area contributed by atoms with Crippen LogP contribution in [0.4, 0.5) is 0 Å². The maximum absolute atomic E-state index is 4.99. The maximum atomic E-state index is 4.99. The van der Waals surface area contributed by atoms with Crippen molar-refractivity contribution in [3.8, 4) is 33.9 Å². The van der Waals surface area contributed by atoms with Crippen LogP contribution >= 0.6 is 0 Å². The van der Waals surface area contributed by atoms with Gasteiger partial charge in [0.2, 0.25) is 0 Å². The molecule has 2 heteroatoms. The van der Waals surface area contributed by atoms with E-state index >= 15 is 0 Å². The van der Waals surface area contributed by atoms with Gasteiger partial charge in [-0.2, -0.15) is 0 Å². The van der Waals surface area contributed by atoms with Crippen LogP contribution < -0.4 is 0 Å². The third kappa shape index (κ3) is 2.34. The molecule has 5 rings (SSSR count). The lowest BCUT2D eigenvalue weighted by molar-refractivity contribution is 1.13. The van der Waals surface area contributed by atoms with Crippen molar-refractivity contribution in [3.05, 3.63) is 95.6 Å². The van der Waals surface area contributed by atoms with Gasteiger partial charge < -0.3 is 0 Å². The minimum atomic E-state index is 0.789. The molecular formula is C24H18N2. The SMILES string of the molecule is Cc1cccc2c1Cc1c(-c3ccccc3)nc(-c3ccccc3)nc1-2. The Morgan fingerprint density at radius 1 is 0.615 bits per heavy atom. The molecule has 26 heavy (non-hydrogen) atoms. The molecule has 0 fully saturated rings. The van der Waals surface area contributed by atoms with Gasteiger partial charge in [-0.15, -0.1) is 0 Å². The number of nitrogens with zero attached hydrogens (tertiary/aromatic N) is 2. The molecule has 124 valence electrons. The van der Waals surface area contributed by atoms with Gasteiger partial charge in [-0.1, -0.05) is 78.9 Å². The molecule has 0 saturated heterocycles. The minimum absolute atomic E-state index is 0.789. The third-order valence-electron chi connectivity index (χ3n) is 5.11. The Balaban J connectivity index is 1.81. The number of hydrogen-bond donors (Lipinski definition) is 0. The standard InChI is InChI=1S/C24H18N2/c1-16-9-8-14-19-20(16)15-21-22(17-10-4-2-5-11-17)25-24(26-23(19)21)18-12-6-3-7-13-18/h2-14H,15H2,1H3. The number of aromatic nitrogens is 2. The van der Waals surface area contributed by atoms with Gasteiger partial charge in [0.05, 0.1) is 11.4 Å². The van der Waals surface area contributed by atoms with Crippen LogP contribution in [0.1, 0.15) is 16.7 Å². The maximum Gasteiger partial charge on any atom is 0.160 e. The monoisotopic (exact) mass is 334 g/mol. The Bertz CT molecular complexity index is 1100. The highest BCUT2D eigenvalue weighted by Gasteiger charge is 2.26. The van der Waals surface area contributed by atoms with Crippen LogP contribution in [0.25, 0.3) is 33.9 Å². The summed E-state index contributed by atoms with van der Waals surface area (Å²) in [6, 6.07) is 27.2. The van der Waals surface area contributed by atoms with Crippen molar-refractivity contribution in [2.75, 3.05) is 0 Å². The highest BCUT2D eigenvalue weighted by molar-refractivity contribution is 5.83.